The third-order valence-corrected chi connectivity index (χ3v) is 1.83. The molecule has 3 heteroatoms. The van der Waals surface area contributed by atoms with Crippen LogP contribution in [0.15, 0.2) is 18.2 Å². The lowest BCUT2D eigenvalue weighted by molar-refractivity contribution is 0.108. The fourth-order valence-corrected chi connectivity index (χ4v) is 1.16. The number of hydrogen-bond donors (Lipinski definition) is 1. The molecule has 0 aliphatic carbocycles. The highest BCUT2D eigenvalue weighted by Gasteiger charge is 2.07. The summed E-state index contributed by atoms with van der Waals surface area (Å²) in [5.41, 5.74) is 1.54. The largest absolute Gasteiger partial charge is 0.496 e. The molecule has 0 saturated carbocycles. The Morgan fingerprint density at radius 2 is 2.17 bits per heavy atom. The number of ether oxygens (including phenoxy) is 1. The highest BCUT2D eigenvalue weighted by atomic mass is 32.1. The summed E-state index contributed by atoms with van der Waals surface area (Å²) in [4.78, 5) is 11.0. The van der Waals surface area contributed by atoms with Gasteiger partial charge in [0.05, 0.1) is 12.7 Å². The number of hydrogen-bond acceptors (Lipinski definition) is 2. The van der Waals surface area contributed by atoms with Crippen LogP contribution >= 0.6 is 12.6 Å². The van der Waals surface area contributed by atoms with Crippen LogP contribution in [-0.2, 0) is 0 Å². The lowest BCUT2D eigenvalue weighted by Crippen LogP contribution is -1.95. The Kier molecular flexibility index (Phi) is 2.76. The first-order valence-electron chi connectivity index (χ1n) is 3.53. The zero-order valence-electron chi connectivity index (χ0n) is 7.00. The summed E-state index contributed by atoms with van der Waals surface area (Å²) in [5.74, 6) is 0.570. The number of benzene rings is 1. The van der Waals surface area contributed by atoms with Gasteiger partial charge in [-0.15, -0.1) is 12.6 Å². The first-order valence-corrected chi connectivity index (χ1v) is 3.98. The summed E-state index contributed by atoms with van der Waals surface area (Å²) in [7, 11) is 1.53. The van der Waals surface area contributed by atoms with Gasteiger partial charge in [0, 0.05) is 0 Å². The highest BCUT2D eigenvalue weighted by molar-refractivity contribution is 7.97. The monoisotopic (exact) mass is 182 g/mol. The summed E-state index contributed by atoms with van der Waals surface area (Å²) in [6.45, 7) is 1.92. The van der Waals surface area contributed by atoms with Crippen molar-refractivity contribution in [3.8, 4) is 5.75 Å². The van der Waals surface area contributed by atoms with E-state index in [1.165, 1.54) is 7.11 Å². The molecule has 1 aromatic rings. The molecule has 0 bridgehead atoms. The van der Waals surface area contributed by atoms with Crippen LogP contribution in [0.1, 0.15) is 15.9 Å². The van der Waals surface area contributed by atoms with E-state index in [0.29, 0.717) is 11.3 Å². The van der Waals surface area contributed by atoms with Crippen LogP contribution in [0.25, 0.3) is 0 Å². The minimum absolute atomic E-state index is 0.268. The van der Waals surface area contributed by atoms with Crippen LogP contribution in [0, 0.1) is 6.92 Å². The fourth-order valence-electron chi connectivity index (χ4n) is 0.989. The molecular weight excluding hydrogens is 172 g/mol. The normalized spacial score (nSPS) is 9.58. The van der Waals surface area contributed by atoms with E-state index in [2.05, 4.69) is 12.6 Å². The molecule has 1 aromatic carbocycles. The molecule has 0 saturated heterocycles. The van der Waals surface area contributed by atoms with E-state index in [1.54, 1.807) is 12.1 Å². The smallest absolute Gasteiger partial charge is 0.220 e. The Labute approximate surface area is 77.0 Å². The van der Waals surface area contributed by atoms with Crippen molar-refractivity contribution in [1.29, 1.82) is 0 Å². The van der Waals surface area contributed by atoms with Crippen molar-refractivity contribution in [2.24, 2.45) is 0 Å². The number of methoxy groups -OCH3 is 1. The second-order valence-electron chi connectivity index (χ2n) is 2.51. The van der Waals surface area contributed by atoms with Gasteiger partial charge in [-0.3, -0.25) is 4.79 Å². The molecule has 64 valence electrons. The summed E-state index contributed by atoms with van der Waals surface area (Å²) in [6.07, 6.45) is 0. The van der Waals surface area contributed by atoms with Crippen LogP contribution in [0.2, 0.25) is 0 Å². The van der Waals surface area contributed by atoms with Crippen LogP contribution in [0.3, 0.4) is 0 Å². The Hall–Kier alpha value is -0.960. The zero-order valence-corrected chi connectivity index (χ0v) is 7.89. The van der Waals surface area contributed by atoms with E-state index in [0.717, 1.165) is 5.56 Å². The van der Waals surface area contributed by atoms with Gasteiger partial charge in [-0.2, -0.15) is 0 Å². The number of carbonyl (C=O) groups excluding carboxylic acids is 1. The van der Waals surface area contributed by atoms with Gasteiger partial charge in [0.25, 0.3) is 0 Å². The van der Waals surface area contributed by atoms with Crippen LogP contribution in [0.5, 0.6) is 5.75 Å². The number of thiol groups is 1. The molecule has 12 heavy (non-hydrogen) atoms. The average molecular weight is 182 g/mol. The second-order valence-corrected chi connectivity index (χ2v) is 2.92. The molecule has 1 rings (SSSR count). The van der Waals surface area contributed by atoms with Crippen molar-refractivity contribution in [3.63, 3.8) is 0 Å². The van der Waals surface area contributed by atoms with Crippen molar-refractivity contribution in [2.45, 2.75) is 6.92 Å². The fraction of sp³-hybridized carbons (Fsp3) is 0.222. The first kappa shape index (κ1) is 9.13. The van der Waals surface area contributed by atoms with Crippen LogP contribution < -0.4 is 4.74 Å². The molecule has 0 spiro atoms. The third kappa shape index (κ3) is 1.80. The number of carbonyl (C=O) groups is 1. The minimum atomic E-state index is -0.268. The minimum Gasteiger partial charge on any atom is -0.496 e. The molecule has 0 N–H and O–H groups in total. The lowest BCUT2D eigenvalue weighted by Gasteiger charge is -2.04. The van der Waals surface area contributed by atoms with Crippen molar-refractivity contribution in [3.05, 3.63) is 29.3 Å². The Balaban J connectivity index is 3.21. The number of aryl methyl sites for hydroxylation is 1. The maximum atomic E-state index is 11.0. The molecule has 0 aliphatic rings. The SMILES string of the molecule is COc1ccc(C)cc1C(=O)S. The first-order chi connectivity index (χ1) is 5.65. The summed E-state index contributed by atoms with van der Waals surface area (Å²) in [6, 6.07) is 5.41. The molecule has 0 heterocycles. The Morgan fingerprint density at radius 1 is 1.50 bits per heavy atom. The summed E-state index contributed by atoms with van der Waals surface area (Å²) < 4.78 is 4.99. The summed E-state index contributed by atoms with van der Waals surface area (Å²) >= 11 is 3.74. The van der Waals surface area contributed by atoms with Crippen molar-refractivity contribution >= 4 is 17.7 Å². The standard InChI is InChI=1S/C9H10O2S/c1-6-3-4-8(11-2)7(5-6)9(10)12/h3-5H,1-2H3,(H,10,12). The van der Waals surface area contributed by atoms with Gasteiger partial charge >= 0.3 is 0 Å². The van der Waals surface area contributed by atoms with Gasteiger partial charge in [0.15, 0.2) is 0 Å². The van der Waals surface area contributed by atoms with E-state index >= 15 is 0 Å². The van der Waals surface area contributed by atoms with E-state index in [4.69, 9.17) is 4.74 Å². The van der Waals surface area contributed by atoms with Crippen molar-refractivity contribution in [1.82, 2.24) is 0 Å². The highest BCUT2D eigenvalue weighted by Crippen LogP contribution is 2.20. The quantitative estimate of drug-likeness (QED) is 0.709. The summed E-state index contributed by atoms with van der Waals surface area (Å²) in [5, 5.41) is -0.268. The predicted octanol–water partition coefficient (Wildman–Crippen LogP) is 2.07. The Bertz CT molecular complexity index is 307. The molecule has 0 unspecified atom stereocenters. The van der Waals surface area contributed by atoms with Gasteiger partial charge in [0.2, 0.25) is 5.12 Å². The molecule has 0 fully saturated rings. The third-order valence-electron chi connectivity index (χ3n) is 1.59. The van der Waals surface area contributed by atoms with Crippen LogP contribution in [0.4, 0.5) is 0 Å². The van der Waals surface area contributed by atoms with Crippen molar-refractivity contribution < 1.29 is 9.53 Å². The number of rotatable bonds is 2. The van der Waals surface area contributed by atoms with Crippen LogP contribution in [-0.4, -0.2) is 12.2 Å². The maximum absolute atomic E-state index is 11.0. The molecular formula is C9H10O2S. The lowest BCUT2D eigenvalue weighted by atomic mass is 10.1. The van der Waals surface area contributed by atoms with E-state index in [-0.39, 0.29) is 5.12 Å². The van der Waals surface area contributed by atoms with E-state index < -0.39 is 0 Å². The topological polar surface area (TPSA) is 26.3 Å². The molecule has 0 amide bonds. The molecule has 2 nitrogen and oxygen atoms in total. The molecule has 0 aliphatic heterocycles. The van der Waals surface area contributed by atoms with Gasteiger partial charge in [-0.25, -0.2) is 0 Å². The average Bonchev–Trinajstić information content (AvgIpc) is 2.04. The molecule has 0 radical (unpaired) electrons. The predicted molar refractivity (Wildman–Crippen MR) is 51.0 cm³/mol. The maximum Gasteiger partial charge on any atom is 0.220 e. The van der Waals surface area contributed by atoms with Gasteiger partial charge < -0.3 is 4.74 Å². The van der Waals surface area contributed by atoms with E-state index in [1.807, 2.05) is 13.0 Å². The Morgan fingerprint density at radius 3 is 2.67 bits per heavy atom. The van der Waals surface area contributed by atoms with Gasteiger partial charge in [-0.05, 0) is 19.1 Å². The van der Waals surface area contributed by atoms with E-state index in [9.17, 15) is 4.79 Å². The van der Waals surface area contributed by atoms with Gasteiger partial charge in [-0.1, -0.05) is 11.6 Å². The molecule has 0 atom stereocenters. The zero-order chi connectivity index (χ0) is 9.14. The second kappa shape index (κ2) is 3.63. The van der Waals surface area contributed by atoms with Crippen molar-refractivity contribution in [2.75, 3.05) is 7.11 Å². The molecule has 0 aromatic heterocycles. The van der Waals surface area contributed by atoms with Gasteiger partial charge in [0.1, 0.15) is 5.75 Å².